The maximum absolute atomic E-state index is 12.2. The number of nitrogens with one attached hydrogen (secondary N) is 2. The lowest BCUT2D eigenvalue weighted by molar-refractivity contribution is -0.119. The van der Waals surface area contributed by atoms with E-state index in [0.717, 1.165) is 0 Å². The fraction of sp³-hybridized carbons (Fsp3) is 0.200. The number of hydrazone groups is 1. The van der Waals surface area contributed by atoms with E-state index in [1.54, 1.807) is 12.1 Å². The van der Waals surface area contributed by atoms with Crippen molar-refractivity contribution in [2.45, 2.75) is 4.90 Å². The lowest BCUT2D eigenvalue weighted by atomic mass is 10.3. The Morgan fingerprint density at radius 2 is 2.00 bits per heavy atom. The average Bonchev–Trinajstić information content (AvgIpc) is 3.13. The van der Waals surface area contributed by atoms with Crippen molar-refractivity contribution in [2.24, 2.45) is 5.10 Å². The smallest absolute Gasteiger partial charge is 0.255 e. The normalized spacial score (nSPS) is 13.8. The zero-order chi connectivity index (χ0) is 17.7. The van der Waals surface area contributed by atoms with Gasteiger partial charge in [-0.15, -0.1) is 0 Å². The number of furan rings is 1. The number of ether oxygens (including phenoxy) is 2. The largest absolute Gasteiger partial charge is 0.486 e. The quantitative estimate of drug-likeness (QED) is 0.568. The van der Waals surface area contributed by atoms with Crippen LogP contribution in [0.4, 0.5) is 0 Å². The molecule has 1 aliphatic rings. The Balaban J connectivity index is 1.57. The zero-order valence-electron chi connectivity index (χ0n) is 13.0. The Morgan fingerprint density at radius 1 is 1.20 bits per heavy atom. The molecule has 0 saturated carbocycles. The van der Waals surface area contributed by atoms with E-state index in [4.69, 9.17) is 13.9 Å². The molecule has 0 radical (unpaired) electrons. The van der Waals surface area contributed by atoms with Crippen molar-refractivity contribution < 1.29 is 27.1 Å². The summed E-state index contributed by atoms with van der Waals surface area (Å²) in [7, 11) is -3.87. The number of nitrogens with zero attached hydrogens (tertiary/aromatic N) is 1. The molecular formula is C15H15N3O6S. The molecule has 132 valence electrons. The molecule has 25 heavy (non-hydrogen) atoms. The first-order valence-corrected chi connectivity index (χ1v) is 8.78. The Bertz CT molecular complexity index is 877. The molecular weight excluding hydrogens is 350 g/mol. The third-order valence-electron chi connectivity index (χ3n) is 3.17. The molecule has 9 nitrogen and oxygen atoms in total. The number of fused-ring (bicyclic) bond motifs is 1. The first kappa shape index (κ1) is 17.0. The first-order chi connectivity index (χ1) is 12.0. The number of carbonyl (C=O) groups excluding carboxylic acids is 1. The average molecular weight is 365 g/mol. The third kappa shape index (κ3) is 4.37. The molecule has 1 aliphatic heterocycles. The molecule has 1 aromatic heterocycles. The summed E-state index contributed by atoms with van der Waals surface area (Å²) in [5.41, 5.74) is 2.19. The first-order valence-electron chi connectivity index (χ1n) is 7.29. The molecule has 0 bridgehead atoms. The van der Waals surface area contributed by atoms with E-state index in [1.807, 2.05) is 0 Å². The van der Waals surface area contributed by atoms with E-state index < -0.39 is 22.5 Å². The highest BCUT2D eigenvalue weighted by Crippen LogP contribution is 2.32. The monoisotopic (exact) mass is 365 g/mol. The van der Waals surface area contributed by atoms with Crippen LogP contribution >= 0.6 is 0 Å². The van der Waals surface area contributed by atoms with Crippen LogP contribution in [0, 0.1) is 0 Å². The number of sulfonamides is 1. The summed E-state index contributed by atoms with van der Waals surface area (Å²) < 4.78 is 42.4. The molecule has 3 rings (SSSR count). The predicted octanol–water partition coefficient (Wildman–Crippen LogP) is 0.479. The van der Waals surface area contributed by atoms with E-state index in [-0.39, 0.29) is 4.90 Å². The molecule has 0 saturated heterocycles. The van der Waals surface area contributed by atoms with Gasteiger partial charge in [-0.3, -0.25) is 4.79 Å². The minimum Gasteiger partial charge on any atom is -0.486 e. The van der Waals surface area contributed by atoms with Crippen LogP contribution < -0.4 is 19.6 Å². The van der Waals surface area contributed by atoms with Gasteiger partial charge in [0.15, 0.2) is 11.5 Å². The minimum atomic E-state index is -3.87. The molecule has 0 fully saturated rings. The Kier molecular flexibility index (Phi) is 5.00. The van der Waals surface area contributed by atoms with Crippen molar-refractivity contribution in [3.8, 4) is 11.5 Å². The van der Waals surface area contributed by atoms with Crippen LogP contribution in [0.1, 0.15) is 5.76 Å². The van der Waals surface area contributed by atoms with Crippen molar-refractivity contribution in [1.82, 2.24) is 10.1 Å². The summed E-state index contributed by atoms with van der Waals surface area (Å²) in [4.78, 5) is 11.6. The molecule has 1 amide bonds. The second-order valence-electron chi connectivity index (χ2n) is 4.94. The van der Waals surface area contributed by atoms with E-state index in [1.165, 1.54) is 30.7 Å². The fourth-order valence-corrected chi connectivity index (χ4v) is 3.00. The summed E-state index contributed by atoms with van der Waals surface area (Å²) in [5, 5.41) is 3.66. The van der Waals surface area contributed by atoms with Crippen LogP contribution in [0.2, 0.25) is 0 Å². The maximum Gasteiger partial charge on any atom is 0.255 e. The number of rotatable bonds is 6. The van der Waals surface area contributed by atoms with Gasteiger partial charge in [0.2, 0.25) is 10.0 Å². The van der Waals surface area contributed by atoms with Gasteiger partial charge < -0.3 is 13.9 Å². The maximum atomic E-state index is 12.2. The molecule has 2 N–H and O–H groups in total. The van der Waals surface area contributed by atoms with Crippen molar-refractivity contribution in [2.75, 3.05) is 19.8 Å². The van der Waals surface area contributed by atoms with Gasteiger partial charge in [-0.1, -0.05) is 0 Å². The molecule has 0 aliphatic carbocycles. The van der Waals surface area contributed by atoms with Crippen molar-refractivity contribution >= 4 is 22.1 Å². The van der Waals surface area contributed by atoms with Crippen LogP contribution in [0.5, 0.6) is 11.5 Å². The van der Waals surface area contributed by atoms with Crippen LogP contribution in [-0.2, 0) is 14.8 Å². The van der Waals surface area contributed by atoms with E-state index in [2.05, 4.69) is 15.2 Å². The number of benzene rings is 1. The Morgan fingerprint density at radius 3 is 2.76 bits per heavy atom. The Hall–Kier alpha value is -2.85. The molecule has 0 spiro atoms. The van der Waals surface area contributed by atoms with Crippen LogP contribution in [-0.4, -0.2) is 40.3 Å². The fourth-order valence-electron chi connectivity index (χ4n) is 2.01. The van der Waals surface area contributed by atoms with Gasteiger partial charge in [-0.25, -0.2) is 18.6 Å². The Labute approximate surface area is 143 Å². The van der Waals surface area contributed by atoms with Gasteiger partial charge in [0, 0.05) is 6.07 Å². The molecule has 0 atom stereocenters. The highest BCUT2D eigenvalue weighted by molar-refractivity contribution is 7.89. The van der Waals surface area contributed by atoms with Crippen molar-refractivity contribution in [3.05, 3.63) is 42.4 Å². The lowest BCUT2D eigenvalue weighted by Crippen LogP contribution is -2.35. The summed E-state index contributed by atoms with van der Waals surface area (Å²) in [6.45, 7) is 0.294. The number of hydrogen-bond acceptors (Lipinski definition) is 7. The van der Waals surface area contributed by atoms with Crippen LogP contribution in [0.3, 0.4) is 0 Å². The topological polar surface area (TPSA) is 119 Å². The van der Waals surface area contributed by atoms with Crippen molar-refractivity contribution in [1.29, 1.82) is 0 Å². The van der Waals surface area contributed by atoms with Gasteiger partial charge in [-0.05, 0) is 24.3 Å². The summed E-state index contributed by atoms with van der Waals surface area (Å²) in [6, 6.07) is 7.56. The summed E-state index contributed by atoms with van der Waals surface area (Å²) in [6.07, 6.45) is 2.76. The van der Waals surface area contributed by atoms with Crippen LogP contribution in [0.25, 0.3) is 0 Å². The second kappa shape index (κ2) is 7.36. The van der Waals surface area contributed by atoms with E-state index in [0.29, 0.717) is 30.5 Å². The highest BCUT2D eigenvalue weighted by Gasteiger charge is 2.20. The van der Waals surface area contributed by atoms with E-state index >= 15 is 0 Å². The molecule has 0 unspecified atom stereocenters. The lowest BCUT2D eigenvalue weighted by Gasteiger charge is -2.18. The standard InChI is InChI=1S/C15H15N3O6S/c19-15(18-16-9-11-2-1-5-22-11)10-17-25(20,21)12-3-4-13-14(8-12)24-7-6-23-13/h1-5,8-9,17H,6-7,10H2,(H,18,19). The second-order valence-corrected chi connectivity index (χ2v) is 6.71. The molecule has 10 heteroatoms. The predicted molar refractivity (Wildman–Crippen MR) is 87.1 cm³/mol. The molecule has 2 heterocycles. The van der Waals surface area contributed by atoms with Gasteiger partial charge in [-0.2, -0.15) is 5.10 Å². The molecule has 1 aromatic carbocycles. The van der Waals surface area contributed by atoms with E-state index in [9.17, 15) is 13.2 Å². The van der Waals surface area contributed by atoms with Crippen molar-refractivity contribution in [3.63, 3.8) is 0 Å². The zero-order valence-corrected chi connectivity index (χ0v) is 13.8. The number of hydrogen-bond donors (Lipinski definition) is 2. The van der Waals surface area contributed by atoms with Gasteiger partial charge in [0.25, 0.3) is 5.91 Å². The van der Waals surface area contributed by atoms with Crippen LogP contribution in [0.15, 0.2) is 51.0 Å². The third-order valence-corrected chi connectivity index (χ3v) is 4.57. The van der Waals surface area contributed by atoms with Gasteiger partial charge in [0.1, 0.15) is 19.0 Å². The van der Waals surface area contributed by atoms with Gasteiger partial charge >= 0.3 is 0 Å². The SMILES string of the molecule is O=C(CNS(=O)(=O)c1ccc2c(c1)OCCO2)NN=Cc1ccco1. The number of amides is 1. The van der Waals surface area contributed by atoms with Gasteiger partial charge in [0.05, 0.1) is 23.9 Å². The minimum absolute atomic E-state index is 0.0244. The highest BCUT2D eigenvalue weighted by atomic mass is 32.2. The summed E-state index contributed by atoms with van der Waals surface area (Å²) >= 11 is 0. The molecule has 2 aromatic rings. The summed E-state index contributed by atoms with van der Waals surface area (Å²) in [5.74, 6) is 0.665. The number of carbonyl (C=O) groups is 1.